The molecule has 7 nitrogen and oxygen atoms in total. The molecule has 0 atom stereocenters. The molecule has 1 N–H and O–H groups in total. The van der Waals surface area contributed by atoms with Crippen molar-refractivity contribution < 1.29 is 4.79 Å². The van der Waals surface area contributed by atoms with Crippen LogP contribution in [0.4, 0.5) is 0 Å². The lowest BCUT2D eigenvalue weighted by Crippen LogP contribution is -2.44. The third-order valence-electron chi connectivity index (χ3n) is 4.92. The van der Waals surface area contributed by atoms with Gasteiger partial charge in [-0.3, -0.25) is 23.5 Å². The summed E-state index contributed by atoms with van der Waals surface area (Å²) < 4.78 is 2.64. The van der Waals surface area contributed by atoms with Crippen molar-refractivity contribution in [3.63, 3.8) is 0 Å². The molecule has 1 aliphatic rings. The first-order valence-electron chi connectivity index (χ1n) is 9.44. The molecule has 1 amide bonds. The second-order valence-corrected chi connectivity index (χ2v) is 6.84. The van der Waals surface area contributed by atoms with Gasteiger partial charge in [-0.1, -0.05) is 18.2 Å². The topological polar surface area (TPSA) is 76.3 Å². The molecule has 144 valence electrons. The molecule has 1 aromatic carbocycles. The van der Waals surface area contributed by atoms with Gasteiger partial charge in [0.1, 0.15) is 6.54 Å². The van der Waals surface area contributed by atoms with Gasteiger partial charge in [-0.05, 0) is 51.0 Å². The predicted octanol–water partition coefficient (Wildman–Crippen LogP) is 0.951. The average Bonchev–Trinajstić information content (AvgIpc) is 3.19. The molecular formula is C20H26N4O3. The number of hydrogen-bond acceptors (Lipinski definition) is 4. The van der Waals surface area contributed by atoms with Crippen LogP contribution in [-0.4, -0.2) is 46.1 Å². The summed E-state index contributed by atoms with van der Waals surface area (Å²) >= 11 is 0. The van der Waals surface area contributed by atoms with E-state index >= 15 is 0 Å². The van der Waals surface area contributed by atoms with Crippen molar-refractivity contribution in [1.82, 2.24) is 19.4 Å². The van der Waals surface area contributed by atoms with Crippen LogP contribution in [0, 0.1) is 0 Å². The van der Waals surface area contributed by atoms with E-state index in [9.17, 15) is 14.4 Å². The predicted molar refractivity (Wildman–Crippen MR) is 106 cm³/mol. The Bertz CT molecular complexity index is 938. The van der Waals surface area contributed by atoms with Crippen LogP contribution in [-0.2, 0) is 17.9 Å². The van der Waals surface area contributed by atoms with Gasteiger partial charge in [-0.25, -0.2) is 0 Å². The number of likely N-dealkylation sites (tertiary alicyclic amines) is 1. The van der Waals surface area contributed by atoms with Gasteiger partial charge < -0.3 is 10.2 Å². The molecule has 0 bridgehead atoms. The fourth-order valence-electron chi connectivity index (χ4n) is 3.57. The van der Waals surface area contributed by atoms with Crippen LogP contribution in [0.2, 0.25) is 0 Å². The lowest BCUT2D eigenvalue weighted by Gasteiger charge is -2.15. The van der Waals surface area contributed by atoms with E-state index in [0.717, 1.165) is 26.1 Å². The largest absolute Gasteiger partial charge is 0.355 e. The van der Waals surface area contributed by atoms with Crippen molar-refractivity contribution in [3.8, 4) is 0 Å². The number of amides is 1. The Kier molecular flexibility index (Phi) is 6.24. The number of nitrogens with zero attached hydrogens (tertiary/aromatic N) is 3. The molecule has 7 heteroatoms. The van der Waals surface area contributed by atoms with Crippen LogP contribution >= 0.6 is 0 Å². The summed E-state index contributed by atoms with van der Waals surface area (Å²) in [7, 11) is 0. The summed E-state index contributed by atoms with van der Waals surface area (Å²) in [6.45, 7) is 7.54. The normalized spacial score (nSPS) is 14.5. The fourth-order valence-corrected chi connectivity index (χ4v) is 3.57. The molecule has 0 unspecified atom stereocenters. The maximum Gasteiger partial charge on any atom is 0.317 e. The number of para-hydroxylation sites is 2. The van der Waals surface area contributed by atoms with Crippen LogP contribution in [0.15, 0.2) is 46.5 Å². The number of benzene rings is 1. The summed E-state index contributed by atoms with van der Waals surface area (Å²) in [5.41, 5.74) is -0.154. The molecule has 1 aromatic heterocycles. The van der Waals surface area contributed by atoms with Crippen LogP contribution in [0.5, 0.6) is 0 Å². The third-order valence-corrected chi connectivity index (χ3v) is 4.92. The minimum atomic E-state index is -0.692. The molecule has 0 radical (unpaired) electrons. The quantitative estimate of drug-likeness (QED) is 0.426. The molecule has 0 spiro atoms. The second kappa shape index (κ2) is 8.81. The first kappa shape index (κ1) is 19.1. The van der Waals surface area contributed by atoms with Crippen LogP contribution in [0.1, 0.15) is 19.3 Å². The van der Waals surface area contributed by atoms with E-state index in [0.29, 0.717) is 17.6 Å². The number of hydrogen-bond donors (Lipinski definition) is 1. The van der Waals surface area contributed by atoms with Crippen molar-refractivity contribution in [1.29, 1.82) is 0 Å². The van der Waals surface area contributed by atoms with E-state index in [2.05, 4.69) is 16.8 Å². The third kappa shape index (κ3) is 4.36. The molecule has 1 saturated heterocycles. The lowest BCUT2D eigenvalue weighted by atomic mass is 10.2. The highest BCUT2D eigenvalue weighted by atomic mass is 16.2. The van der Waals surface area contributed by atoms with E-state index in [1.54, 1.807) is 30.3 Å². The Morgan fingerprint density at radius 1 is 1.07 bits per heavy atom. The second-order valence-electron chi connectivity index (χ2n) is 6.84. The van der Waals surface area contributed by atoms with Crippen molar-refractivity contribution in [2.75, 3.05) is 26.2 Å². The highest BCUT2D eigenvalue weighted by Crippen LogP contribution is 2.10. The Balaban J connectivity index is 1.72. The maximum atomic E-state index is 12.5. The van der Waals surface area contributed by atoms with Gasteiger partial charge in [0.15, 0.2) is 0 Å². The minimum Gasteiger partial charge on any atom is -0.355 e. The van der Waals surface area contributed by atoms with E-state index in [4.69, 9.17) is 0 Å². The number of fused-ring (bicyclic) bond motifs is 1. The van der Waals surface area contributed by atoms with Gasteiger partial charge in [0.2, 0.25) is 5.91 Å². The molecule has 3 rings (SSSR count). The molecule has 2 heterocycles. The minimum absolute atomic E-state index is 0.159. The number of carbonyl (C=O) groups is 1. The van der Waals surface area contributed by atoms with Crippen molar-refractivity contribution in [2.24, 2.45) is 0 Å². The van der Waals surface area contributed by atoms with Gasteiger partial charge in [0.25, 0.3) is 0 Å². The summed E-state index contributed by atoms with van der Waals surface area (Å²) in [6, 6.07) is 7.10. The molecule has 27 heavy (non-hydrogen) atoms. The lowest BCUT2D eigenvalue weighted by molar-refractivity contribution is -0.121. The van der Waals surface area contributed by atoms with Gasteiger partial charge in [-0.15, -0.1) is 6.58 Å². The molecule has 0 saturated carbocycles. The van der Waals surface area contributed by atoms with Crippen LogP contribution in [0.3, 0.4) is 0 Å². The van der Waals surface area contributed by atoms with Crippen molar-refractivity contribution in [3.05, 3.63) is 57.6 Å². The van der Waals surface area contributed by atoms with E-state index < -0.39 is 11.1 Å². The van der Waals surface area contributed by atoms with Crippen LogP contribution < -0.4 is 16.4 Å². The highest BCUT2D eigenvalue weighted by molar-refractivity contribution is 5.80. The Hall–Kier alpha value is -2.67. The monoisotopic (exact) mass is 370 g/mol. The first-order chi connectivity index (χ1) is 13.1. The summed E-state index contributed by atoms with van der Waals surface area (Å²) in [5, 5.41) is 2.86. The van der Waals surface area contributed by atoms with Crippen molar-refractivity contribution >= 4 is 16.9 Å². The summed E-state index contributed by atoms with van der Waals surface area (Å²) in [5.74, 6) is -0.260. The zero-order chi connectivity index (χ0) is 19.2. The molecule has 0 aliphatic carbocycles. The smallest absolute Gasteiger partial charge is 0.317 e. The van der Waals surface area contributed by atoms with Gasteiger partial charge >= 0.3 is 11.1 Å². The summed E-state index contributed by atoms with van der Waals surface area (Å²) in [4.78, 5) is 39.7. The van der Waals surface area contributed by atoms with Gasteiger partial charge in [-0.2, -0.15) is 0 Å². The average molecular weight is 370 g/mol. The fraction of sp³-hybridized carbons (Fsp3) is 0.450. The van der Waals surface area contributed by atoms with Gasteiger partial charge in [0, 0.05) is 13.1 Å². The molecule has 1 fully saturated rings. The molecule has 2 aromatic rings. The highest BCUT2D eigenvalue weighted by Gasteiger charge is 2.15. The molecular weight excluding hydrogens is 344 g/mol. The van der Waals surface area contributed by atoms with Crippen molar-refractivity contribution in [2.45, 2.75) is 32.4 Å². The maximum absolute atomic E-state index is 12.5. The SMILES string of the molecule is C=CCn1c(=O)c(=O)n(CC(=O)NCCCN2CCCC2)c2ccccc21. The number of aromatic nitrogens is 2. The van der Waals surface area contributed by atoms with E-state index in [1.807, 2.05) is 0 Å². The van der Waals surface area contributed by atoms with Crippen LogP contribution in [0.25, 0.3) is 11.0 Å². The van der Waals surface area contributed by atoms with Gasteiger partial charge in [0.05, 0.1) is 11.0 Å². The first-order valence-corrected chi connectivity index (χ1v) is 9.44. The van der Waals surface area contributed by atoms with E-state index in [-0.39, 0.29) is 19.0 Å². The Morgan fingerprint density at radius 2 is 1.70 bits per heavy atom. The number of nitrogens with one attached hydrogen (secondary N) is 1. The zero-order valence-corrected chi connectivity index (χ0v) is 15.5. The standard InChI is InChI=1S/C20H26N4O3/c1-2-11-23-16-8-3-4-9-17(16)24(20(27)19(23)26)15-18(25)21-10-7-14-22-12-5-6-13-22/h2-4,8-9H,1,5-7,10-15H2,(H,21,25). The Labute approximate surface area is 157 Å². The van der Waals surface area contributed by atoms with E-state index in [1.165, 1.54) is 22.0 Å². The number of allylic oxidation sites excluding steroid dienone is 1. The Morgan fingerprint density at radius 3 is 2.37 bits per heavy atom. The summed E-state index contributed by atoms with van der Waals surface area (Å²) in [6.07, 6.45) is 4.95. The number of rotatable bonds is 8. The molecule has 1 aliphatic heterocycles. The number of carbonyl (C=O) groups excluding carboxylic acids is 1. The zero-order valence-electron chi connectivity index (χ0n) is 15.5.